The maximum atomic E-state index is 12.5. The Kier molecular flexibility index (Phi) is 4.84. The molecule has 2 rings (SSSR count). The second-order valence-electron chi connectivity index (χ2n) is 4.00. The molecular formula is C11H11BrF2N4OS. The molecule has 9 heteroatoms. The van der Waals surface area contributed by atoms with E-state index in [4.69, 9.17) is 5.73 Å². The summed E-state index contributed by atoms with van der Waals surface area (Å²) < 4.78 is 28.3. The van der Waals surface area contributed by atoms with Gasteiger partial charge in [0.2, 0.25) is 0 Å². The van der Waals surface area contributed by atoms with Gasteiger partial charge in [0.25, 0.3) is 6.08 Å². The van der Waals surface area contributed by atoms with Crippen LogP contribution in [0.15, 0.2) is 38.7 Å². The van der Waals surface area contributed by atoms with Gasteiger partial charge in [0.05, 0.1) is 13.1 Å². The Bertz CT molecular complexity index is 687. The zero-order valence-corrected chi connectivity index (χ0v) is 12.6. The highest BCUT2D eigenvalue weighted by atomic mass is 79.9. The van der Waals surface area contributed by atoms with E-state index in [2.05, 4.69) is 21.0 Å². The molecule has 5 nitrogen and oxygen atoms in total. The van der Waals surface area contributed by atoms with Crippen LogP contribution in [0, 0.1) is 0 Å². The largest absolute Gasteiger partial charge is 0.346 e. The van der Waals surface area contributed by atoms with Gasteiger partial charge in [-0.1, -0.05) is 0 Å². The molecule has 0 amide bonds. The Morgan fingerprint density at radius 1 is 1.50 bits per heavy atom. The second kappa shape index (κ2) is 6.42. The van der Waals surface area contributed by atoms with Crippen LogP contribution in [-0.2, 0) is 13.1 Å². The van der Waals surface area contributed by atoms with Gasteiger partial charge in [-0.25, -0.2) is 9.48 Å². The van der Waals surface area contributed by atoms with Crippen molar-refractivity contribution in [2.45, 2.75) is 13.1 Å². The van der Waals surface area contributed by atoms with Crippen LogP contribution in [0.2, 0.25) is 0 Å². The molecule has 0 spiro atoms. The molecule has 0 aliphatic heterocycles. The van der Waals surface area contributed by atoms with Crippen molar-refractivity contribution in [2.75, 3.05) is 6.54 Å². The highest BCUT2D eigenvalue weighted by Crippen LogP contribution is 2.20. The molecular weight excluding hydrogens is 354 g/mol. The highest BCUT2D eigenvalue weighted by molar-refractivity contribution is 9.10. The summed E-state index contributed by atoms with van der Waals surface area (Å²) in [5.41, 5.74) is 4.48. The van der Waals surface area contributed by atoms with E-state index in [9.17, 15) is 13.6 Å². The summed E-state index contributed by atoms with van der Waals surface area (Å²) >= 11 is 4.82. The number of nitrogens with zero attached hydrogens (tertiary/aromatic N) is 3. The van der Waals surface area contributed by atoms with Gasteiger partial charge in [-0.3, -0.25) is 4.57 Å². The van der Waals surface area contributed by atoms with Gasteiger partial charge in [0.15, 0.2) is 0 Å². The van der Waals surface area contributed by atoms with Crippen molar-refractivity contribution in [1.29, 1.82) is 0 Å². The average Bonchev–Trinajstić information content (AvgIpc) is 2.95. The Balaban J connectivity index is 2.19. The molecule has 2 heterocycles. The summed E-state index contributed by atoms with van der Waals surface area (Å²) in [6, 6.07) is 1.89. The van der Waals surface area contributed by atoms with E-state index in [0.29, 0.717) is 6.54 Å². The van der Waals surface area contributed by atoms with Crippen LogP contribution in [0.4, 0.5) is 8.78 Å². The zero-order valence-electron chi connectivity index (χ0n) is 10.2. The lowest BCUT2D eigenvalue weighted by Gasteiger charge is -2.02. The van der Waals surface area contributed by atoms with Gasteiger partial charge in [-0.2, -0.15) is 13.9 Å². The molecule has 0 aliphatic rings. The monoisotopic (exact) mass is 364 g/mol. The molecule has 0 unspecified atom stereocenters. The molecule has 0 bridgehead atoms. The lowest BCUT2D eigenvalue weighted by Crippen LogP contribution is -2.27. The second-order valence-corrected chi connectivity index (χ2v) is 5.91. The number of rotatable bonds is 5. The number of halogens is 3. The summed E-state index contributed by atoms with van der Waals surface area (Å²) in [5.74, 6) is 0. The number of nitrogens with two attached hydrogens (primary N) is 1. The molecule has 2 N–H and O–H groups in total. The predicted octanol–water partition coefficient (Wildman–Crippen LogP) is 2.03. The van der Waals surface area contributed by atoms with Crippen LogP contribution < -0.4 is 11.4 Å². The van der Waals surface area contributed by atoms with Crippen molar-refractivity contribution < 1.29 is 8.78 Å². The lowest BCUT2D eigenvalue weighted by molar-refractivity contribution is 0.400. The summed E-state index contributed by atoms with van der Waals surface area (Å²) in [6.07, 6.45) is -0.531. The van der Waals surface area contributed by atoms with E-state index in [1.54, 1.807) is 0 Å². The molecule has 0 atom stereocenters. The fraction of sp³-hybridized carbons (Fsp3) is 0.273. The summed E-state index contributed by atoms with van der Waals surface area (Å²) in [7, 11) is 0. The standard InChI is InChI=1S/C11H11BrF2N4OS/c12-8-1-9(20-5-8)4-17-6-16-18(11(17)19)3-7(2-15)10(13)14/h1,5-6H,2-4,15H2. The molecule has 108 valence electrons. The zero-order chi connectivity index (χ0) is 14.7. The predicted molar refractivity (Wildman–Crippen MR) is 75.9 cm³/mol. The van der Waals surface area contributed by atoms with Crippen molar-refractivity contribution in [2.24, 2.45) is 5.73 Å². The van der Waals surface area contributed by atoms with E-state index in [0.717, 1.165) is 14.0 Å². The Morgan fingerprint density at radius 2 is 2.25 bits per heavy atom. The smallest absolute Gasteiger partial charge is 0.327 e. The molecule has 2 aromatic rings. The van der Waals surface area contributed by atoms with Crippen LogP contribution >= 0.6 is 27.3 Å². The number of hydrogen-bond acceptors (Lipinski definition) is 4. The van der Waals surface area contributed by atoms with Crippen molar-refractivity contribution >= 4 is 27.3 Å². The summed E-state index contributed by atoms with van der Waals surface area (Å²) in [4.78, 5) is 13.0. The Hall–Kier alpha value is -1.32. The van der Waals surface area contributed by atoms with Gasteiger partial charge in [-0.15, -0.1) is 11.3 Å². The molecule has 0 saturated carbocycles. The minimum Gasteiger partial charge on any atom is -0.327 e. The SMILES string of the molecule is NCC(Cn1ncn(Cc2cc(Br)cs2)c1=O)=C(F)F. The molecule has 0 fully saturated rings. The fourth-order valence-corrected chi connectivity index (χ4v) is 3.02. The Labute approximate surface area is 125 Å². The minimum absolute atomic E-state index is 0.293. The maximum absolute atomic E-state index is 12.5. The van der Waals surface area contributed by atoms with Gasteiger partial charge in [0.1, 0.15) is 6.33 Å². The molecule has 0 aromatic carbocycles. The lowest BCUT2D eigenvalue weighted by atomic mass is 10.3. The molecule has 20 heavy (non-hydrogen) atoms. The first-order valence-electron chi connectivity index (χ1n) is 5.59. The highest BCUT2D eigenvalue weighted by Gasteiger charge is 2.11. The van der Waals surface area contributed by atoms with E-state index in [-0.39, 0.29) is 18.7 Å². The van der Waals surface area contributed by atoms with Crippen LogP contribution in [0.1, 0.15) is 4.88 Å². The summed E-state index contributed by atoms with van der Waals surface area (Å²) in [6.45, 7) is -0.243. The quantitative estimate of drug-likeness (QED) is 0.882. The van der Waals surface area contributed by atoms with Gasteiger partial charge in [0, 0.05) is 26.8 Å². The maximum Gasteiger partial charge on any atom is 0.346 e. The topological polar surface area (TPSA) is 65.8 Å². The average molecular weight is 365 g/mol. The first-order valence-corrected chi connectivity index (χ1v) is 7.26. The van der Waals surface area contributed by atoms with E-state index >= 15 is 0 Å². The molecule has 2 aromatic heterocycles. The number of thiophene rings is 1. The summed E-state index contributed by atoms with van der Waals surface area (Å²) in [5, 5.41) is 5.73. The van der Waals surface area contributed by atoms with E-state index in [1.807, 2.05) is 11.4 Å². The number of hydrogen-bond donors (Lipinski definition) is 1. The van der Waals surface area contributed by atoms with Crippen molar-refractivity contribution in [3.05, 3.63) is 49.3 Å². The van der Waals surface area contributed by atoms with Gasteiger partial charge >= 0.3 is 5.69 Å². The van der Waals surface area contributed by atoms with Crippen LogP contribution in [-0.4, -0.2) is 20.9 Å². The van der Waals surface area contributed by atoms with E-state index < -0.39 is 11.8 Å². The van der Waals surface area contributed by atoms with Crippen molar-refractivity contribution in [1.82, 2.24) is 14.3 Å². The fourth-order valence-electron chi connectivity index (χ4n) is 1.58. The van der Waals surface area contributed by atoms with Crippen LogP contribution in [0.5, 0.6) is 0 Å². The first kappa shape index (κ1) is 15.1. The Morgan fingerprint density at radius 3 is 2.80 bits per heavy atom. The normalized spacial score (nSPS) is 10.8. The molecule has 0 saturated heterocycles. The third-order valence-electron chi connectivity index (χ3n) is 2.60. The molecule has 0 aliphatic carbocycles. The van der Waals surface area contributed by atoms with Crippen molar-refractivity contribution in [3.63, 3.8) is 0 Å². The van der Waals surface area contributed by atoms with Crippen molar-refractivity contribution in [3.8, 4) is 0 Å². The minimum atomic E-state index is -1.86. The third-order valence-corrected chi connectivity index (χ3v) is 4.28. The van der Waals surface area contributed by atoms with Crippen LogP contribution in [0.25, 0.3) is 0 Å². The third kappa shape index (κ3) is 3.41. The molecule has 0 radical (unpaired) electrons. The van der Waals surface area contributed by atoms with E-state index in [1.165, 1.54) is 22.2 Å². The first-order chi connectivity index (χ1) is 9.51. The number of aromatic nitrogens is 3. The van der Waals surface area contributed by atoms with Gasteiger partial charge in [-0.05, 0) is 22.0 Å². The van der Waals surface area contributed by atoms with Gasteiger partial charge < -0.3 is 5.73 Å². The van der Waals surface area contributed by atoms with Crippen LogP contribution in [0.3, 0.4) is 0 Å².